The van der Waals surface area contributed by atoms with Crippen molar-refractivity contribution in [1.29, 1.82) is 0 Å². The zero-order valence-corrected chi connectivity index (χ0v) is 12.2. The van der Waals surface area contributed by atoms with Crippen molar-refractivity contribution in [2.24, 2.45) is 11.5 Å². The second-order valence-corrected chi connectivity index (χ2v) is 4.62. The number of amides is 2. The molecule has 7 nitrogen and oxygen atoms in total. The lowest BCUT2D eigenvalue weighted by molar-refractivity contribution is -0.117. The number of carbonyl (C=O) groups is 2. The highest BCUT2D eigenvalue weighted by molar-refractivity contribution is 5.84. The average molecular weight is 294 g/mol. The minimum absolute atomic E-state index is 0.0472. The summed E-state index contributed by atoms with van der Waals surface area (Å²) in [6.07, 6.45) is 0. The van der Waals surface area contributed by atoms with E-state index in [0.29, 0.717) is 6.61 Å². The summed E-state index contributed by atoms with van der Waals surface area (Å²) in [5.74, 6) is -1.02. The molecule has 2 amide bonds. The molecule has 1 aromatic rings. The molecule has 0 fully saturated rings. The Labute approximate surface area is 124 Å². The number of nitrogens with one attached hydrogen (secondary N) is 1. The smallest absolute Gasteiger partial charge is 0.236 e. The van der Waals surface area contributed by atoms with E-state index in [1.807, 2.05) is 24.3 Å². The van der Waals surface area contributed by atoms with Gasteiger partial charge in [0.2, 0.25) is 11.8 Å². The standard InChI is InChI=1S/C14H22N4O3/c1-21-7-6-17-8-11-2-4-12(5-3-11)18(9-13(15)19)10-14(16)20/h2-5,17H,6-10H2,1H3,(H2,15,19)(H2,16,20). The predicted octanol–water partition coefficient (Wildman–Crippen LogP) is -0.800. The average Bonchev–Trinajstić information content (AvgIpc) is 2.42. The molecule has 0 aliphatic heterocycles. The van der Waals surface area contributed by atoms with Crippen LogP contribution >= 0.6 is 0 Å². The van der Waals surface area contributed by atoms with Crippen LogP contribution in [0.2, 0.25) is 0 Å². The first-order chi connectivity index (χ1) is 10.0. The van der Waals surface area contributed by atoms with Crippen LogP contribution in [0.15, 0.2) is 24.3 Å². The maximum absolute atomic E-state index is 11.0. The molecule has 0 heterocycles. The number of ether oxygens (including phenoxy) is 1. The molecular formula is C14H22N4O3. The number of hydrogen-bond acceptors (Lipinski definition) is 5. The number of carbonyl (C=O) groups excluding carboxylic acids is 2. The molecule has 0 radical (unpaired) electrons. The van der Waals surface area contributed by atoms with Gasteiger partial charge in [-0.1, -0.05) is 12.1 Å². The highest BCUT2D eigenvalue weighted by atomic mass is 16.5. The Morgan fingerprint density at radius 1 is 1.14 bits per heavy atom. The summed E-state index contributed by atoms with van der Waals surface area (Å²) in [7, 11) is 1.66. The van der Waals surface area contributed by atoms with Gasteiger partial charge < -0.3 is 26.4 Å². The third kappa shape index (κ3) is 6.73. The van der Waals surface area contributed by atoms with E-state index in [1.54, 1.807) is 12.0 Å². The molecule has 0 bridgehead atoms. The van der Waals surface area contributed by atoms with Crippen LogP contribution in [-0.2, 0) is 20.9 Å². The van der Waals surface area contributed by atoms with Gasteiger partial charge in [-0.15, -0.1) is 0 Å². The number of benzene rings is 1. The van der Waals surface area contributed by atoms with Gasteiger partial charge in [0.05, 0.1) is 19.7 Å². The van der Waals surface area contributed by atoms with Crippen molar-refractivity contribution < 1.29 is 14.3 Å². The topological polar surface area (TPSA) is 111 Å². The normalized spacial score (nSPS) is 10.3. The highest BCUT2D eigenvalue weighted by Crippen LogP contribution is 2.14. The molecule has 7 heteroatoms. The molecule has 116 valence electrons. The van der Waals surface area contributed by atoms with E-state index in [9.17, 15) is 9.59 Å². The Morgan fingerprint density at radius 2 is 1.71 bits per heavy atom. The SMILES string of the molecule is COCCNCc1ccc(N(CC(N)=O)CC(N)=O)cc1. The molecule has 5 N–H and O–H groups in total. The Kier molecular flexibility index (Phi) is 7.20. The van der Waals surface area contributed by atoms with Gasteiger partial charge in [0.25, 0.3) is 0 Å². The maximum atomic E-state index is 11.0. The number of hydrogen-bond donors (Lipinski definition) is 3. The van der Waals surface area contributed by atoms with E-state index < -0.39 is 11.8 Å². The second-order valence-electron chi connectivity index (χ2n) is 4.62. The maximum Gasteiger partial charge on any atom is 0.236 e. The largest absolute Gasteiger partial charge is 0.383 e. The lowest BCUT2D eigenvalue weighted by atomic mass is 10.2. The third-order valence-corrected chi connectivity index (χ3v) is 2.81. The zero-order valence-electron chi connectivity index (χ0n) is 12.2. The fourth-order valence-corrected chi connectivity index (χ4v) is 1.85. The van der Waals surface area contributed by atoms with Gasteiger partial charge in [-0.05, 0) is 17.7 Å². The van der Waals surface area contributed by atoms with E-state index >= 15 is 0 Å². The Hall–Kier alpha value is -2.12. The molecule has 0 aliphatic carbocycles. The summed E-state index contributed by atoms with van der Waals surface area (Å²) in [6.45, 7) is 2.05. The van der Waals surface area contributed by atoms with Gasteiger partial charge in [0.1, 0.15) is 0 Å². The van der Waals surface area contributed by atoms with E-state index in [2.05, 4.69) is 5.32 Å². The fraction of sp³-hybridized carbons (Fsp3) is 0.429. The van der Waals surface area contributed by atoms with Crippen LogP contribution in [0, 0.1) is 0 Å². The van der Waals surface area contributed by atoms with Crippen LogP contribution in [0.3, 0.4) is 0 Å². The summed E-state index contributed by atoms with van der Waals surface area (Å²) >= 11 is 0. The summed E-state index contributed by atoms with van der Waals surface area (Å²) in [4.78, 5) is 23.6. The molecule has 0 atom stereocenters. The molecular weight excluding hydrogens is 272 g/mol. The Morgan fingerprint density at radius 3 is 2.19 bits per heavy atom. The van der Waals surface area contributed by atoms with Gasteiger partial charge in [0.15, 0.2) is 0 Å². The highest BCUT2D eigenvalue weighted by Gasteiger charge is 2.12. The minimum atomic E-state index is -0.512. The van der Waals surface area contributed by atoms with Crippen LogP contribution in [0.5, 0.6) is 0 Å². The zero-order chi connectivity index (χ0) is 15.7. The summed E-state index contributed by atoms with van der Waals surface area (Å²) in [5, 5.41) is 3.23. The van der Waals surface area contributed by atoms with Crippen LogP contribution in [0.4, 0.5) is 5.69 Å². The molecule has 21 heavy (non-hydrogen) atoms. The number of methoxy groups -OCH3 is 1. The quantitative estimate of drug-likeness (QED) is 0.489. The molecule has 1 rings (SSSR count). The number of rotatable bonds is 10. The van der Waals surface area contributed by atoms with Gasteiger partial charge in [0, 0.05) is 25.9 Å². The van der Waals surface area contributed by atoms with Crippen molar-refractivity contribution in [3.63, 3.8) is 0 Å². The molecule has 0 unspecified atom stereocenters. The van der Waals surface area contributed by atoms with Crippen LogP contribution in [-0.4, -0.2) is 45.2 Å². The van der Waals surface area contributed by atoms with Crippen molar-refractivity contribution in [2.45, 2.75) is 6.54 Å². The molecule has 0 saturated carbocycles. The first-order valence-corrected chi connectivity index (χ1v) is 6.63. The summed E-state index contributed by atoms with van der Waals surface area (Å²) in [6, 6.07) is 7.51. The lowest BCUT2D eigenvalue weighted by Crippen LogP contribution is -2.39. The summed E-state index contributed by atoms with van der Waals surface area (Å²) < 4.78 is 4.95. The van der Waals surface area contributed by atoms with Crippen molar-refractivity contribution in [3.05, 3.63) is 29.8 Å². The first-order valence-electron chi connectivity index (χ1n) is 6.63. The minimum Gasteiger partial charge on any atom is -0.383 e. The molecule has 0 saturated heterocycles. The molecule has 1 aromatic carbocycles. The molecule has 0 aromatic heterocycles. The van der Waals surface area contributed by atoms with Crippen molar-refractivity contribution >= 4 is 17.5 Å². The summed E-state index contributed by atoms with van der Waals surface area (Å²) in [5.41, 5.74) is 12.2. The van der Waals surface area contributed by atoms with Crippen LogP contribution in [0.1, 0.15) is 5.56 Å². The number of anilines is 1. The first kappa shape index (κ1) is 16.9. The number of nitrogens with two attached hydrogens (primary N) is 2. The van der Waals surface area contributed by atoms with E-state index in [-0.39, 0.29) is 13.1 Å². The van der Waals surface area contributed by atoms with E-state index in [4.69, 9.17) is 16.2 Å². The fourth-order valence-electron chi connectivity index (χ4n) is 1.85. The molecule has 0 spiro atoms. The van der Waals surface area contributed by atoms with Crippen LogP contribution < -0.4 is 21.7 Å². The Balaban J connectivity index is 2.63. The van der Waals surface area contributed by atoms with Crippen molar-refractivity contribution in [1.82, 2.24) is 5.32 Å². The van der Waals surface area contributed by atoms with Gasteiger partial charge in [-0.2, -0.15) is 0 Å². The second kappa shape index (κ2) is 8.93. The number of nitrogens with zero attached hydrogens (tertiary/aromatic N) is 1. The van der Waals surface area contributed by atoms with Crippen molar-refractivity contribution in [2.75, 3.05) is 38.3 Å². The van der Waals surface area contributed by atoms with Crippen molar-refractivity contribution in [3.8, 4) is 0 Å². The van der Waals surface area contributed by atoms with Gasteiger partial charge in [-0.25, -0.2) is 0 Å². The van der Waals surface area contributed by atoms with E-state index in [0.717, 1.165) is 24.3 Å². The monoisotopic (exact) mass is 294 g/mol. The van der Waals surface area contributed by atoms with Crippen LogP contribution in [0.25, 0.3) is 0 Å². The lowest BCUT2D eigenvalue weighted by Gasteiger charge is -2.21. The van der Waals surface area contributed by atoms with Gasteiger partial charge >= 0.3 is 0 Å². The third-order valence-electron chi connectivity index (χ3n) is 2.81. The Bertz CT molecular complexity index is 446. The number of primary amides is 2. The predicted molar refractivity (Wildman–Crippen MR) is 80.6 cm³/mol. The van der Waals surface area contributed by atoms with Gasteiger partial charge in [-0.3, -0.25) is 9.59 Å². The van der Waals surface area contributed by atoms with E-state index in [1.165, 1.54) is 0 Å². The molecule has 0 aliphatic rings.